The first kappa shape index (κ1) is 20.4. The highest BCUT2D eigenvalue weighted by Crippen LogP contribution is 2.24. The van der Waals surface area contributed by atoms with Gasteiger partial charge in [0.2, 0.25) is 5.91 Å². The second-order valence-corrected chi connectivity index (χ2v) is 6.63. The molecule has 29 heavy (non-hydrogen) atoms. The summed E-state index contributed by atoms with van der Waals surface area (Å²) < 4.78 is 23.8. The lowest BCUT2D eigenvalue weighted by Crippen LogP contribution is -2.26. The highest BCUT2D eigenvalue weighted by atomic mass is 19.1. The number of pyridine rings is 1. The van der Waals surface area contributed by atoms with E-state index in [0.717, 1.165) is 10.9 Å². The van der Waals surface area contributed by atoms with E-state index in [1.54, 1.807) is 32.4 Å². The fourth-order valence-corrected chi connectivity index (χ4v) is 3.14. The van der Waals surface area contributed by atoms with Crippen LogP contribution in [0.15, 0.2) is 47.3 Å². The molecule has 0 bridgehead atoms. The van der Waals surface area contributed by atoms with Crippen molar-refractivity contribution in [2.24, 2.45) is 0 Å². The van der Waals surface area contributed by atoms with Crippen LogP contribution in [0.25, 0.3) is 10.9 Å². The Labute approximate surface area is 167 Å². The predicted octanol–water partition coefficient (Wildman–Crippen LogP) is 2.98. The molecule has 152 valence electrons. The number of aromatic nitrogens is 1. The molecule has 0 saturated heterocycles. The maximum Gasteiger partial charge on any atom is 0.251 e. The van der Waals surface area contributed by atoms with Crippen LogP contribution in [-0.4, -0.2) is 31.7 Å². The lowest BCUT2D eigenvalue weighted by molar-refractivity contribution is -0.121. The third kappa shape index (κ3) is 5.13. The van der Waals surface area contributed by atoms with E-state index in [9.17, 15) is 14.0 Å². The zero-order valence-electron chi connectivity index (χ0n) is 16.4. The van der Waals surface area contributed by atoms with Gasteiger partial charge in [-0.15, -0.1) is 0 Å². The number of carbonyl (C=O) groups is 1. The van der Waals surface area contributed by atoms with E-state index < -0.39 is 5.82 Å². The summed E-state index contributed by atoms with van der Waals surface area (Å²) in [6.45, 7) is 0.453. The van der Waals surface area contributed by atoms with Crippen LogP contribution in [0.3, 0.4) is 0 Å². The van der Waals surface area contributed by atoms with Crippen LogP contribution in [0.4, 0.5) is 4.39 Å². The first-order chi connectivity index (χ1) is 14.0. The van der Waals surface area contributed by atoms with Crippen molar-refractivity contribution >= 4 is 16.8 Å². The standard InChI is InChI=1S/C22H23FN2O4/c1-28-18-7-4-14(20(13-18)29-2)9-10-24-21(26)8-5-16-11-15-3-6-17(23)12-19(15)25-22(16)27/h3-4,6-7,11-13H,5,8-10H2,1-2H3,(H,24,26)(H,25,27). The van der Waals surface area contributed by atoms with Crippen LogP contribution in [0.2, 0.25) is 0 Å². The van der Waals surface area contributed by atoms with Crippen molar-refractivity contribution in [1.29, 1.82) is 0 Å². The number of rotatable bonds is 8. The monoisotopic (exact) mass is 398 g/mol. The molecule has 0 saturated carbocycles. The number of benzene rings is 2. The Morgan fingerprint density at radius 1 is 1.03 bits per heavy atom. The molecule has 3 aromatic rings. The fraction of sp³-hybridized carbons (Fsp3) is 0.273. The Hall–Kier alpha value is -3.35. The maximum absolute atomic E-state index is 13.3. The summed E-state index contributed by atoms with van der Waals surface area (Å²) in [5, 5.41) is 3.59. The second kappa shape index (κ2) is 9.23. The number of amides is 1. The highest BCUT2D eigenvalue weighted by molar-refractivity contribution is 5.79. The van der Waals surface area contributed by atoms with Gasteiger partial charge in [0.1, 0.15) is 17.3 Å². The molecule has 1 heterocycles. The number of H-pyrrole nitrogens is 1. The summed E-state index contributed by atoms with van der Waals surface area (Å²) in [5.41, 5.74) is 1.60. The molecule has 6 nitrogen and oxygen atoms in total. The van der Waals surface area contributed by atoms with Crippen molar-refractivity contribution in [3.05, 3.63) is 69.8 Å². The van der Waals surface area contributed by atoms with Crippen LogP contribution in [0, 0.1) is 5.82 Å². The third-order valence-electron chi connectivity index (χ3n) is 4.72. The molecular formula is C22H23FN2O4. The first-order valence-electron chi connectivity index (χ1n) is 9.29. The molecule has 3 rings (SSSR count). The topological polar surface area (TPSA) is 80.4 Å². The smallest absolute Gasteiger partial charge is 0.251 e. The van der Waals surface area contributed by atoms with Crippen molar-refractivity contribution in [1.82, 2.24) is 10.3 Å². The molecule has 0 aliphatic heterocycles. The summed E-state index contributed by atoms with van der Waals surface area (Å²) in [7, 11) is 3.18. The fourth-order valence-electron chi connectivity index (χ4n) is 3.14. The molecule has 0 unspecified atom stereocenters. The van der Waals surface area contributed by atoms with Crippen molar-refractivity contribution in [3.63, 3.8) is 0 Å². The molecule has 0 aliphatic rings. The predicted molar refractivity (Wildman–Crippen MR) is 109 cm³/mol. The number of ether oxygens (including phenoxy) is 2. The number of methoxy groups -OCH3 is 2. The van der Waals surface area contributed by atoms with Gasteiger partial charge in [-0.25, -0.2) is 4.39 Å². The lowest BCUT2D eigenvalue weighted by atomic mass is 10.1. The van der Waals surface area contributed by atoms with E-state index in [-0.39, 0.29) is 17.9 Å². The van der Waals surface area contributed by atoms with Crippen molar-refractivity contribution in [3.8, 4) is 11.5 Å². The number of fused-ring (bicyclic) bond motifs is 1. The molecule has 0 atom stereocenters. The van der Waals surface area contributed by atoms with E-state index >= 15 is 0 Å². The van der Waals surface area contributed by atoms with Crippen LogP contribution in [0.5, 0.6) is 11.5 Å². The van der Waals surface area contributed by atoms with Gasteiger partial charge in [0, 0.05) is 24.6 Å². The van der Waals surface area contributed by atoms with Gasteiger partial charge in [-0.05, 0) is 54.1 Å². The van der Waals surface area contributed by atoms with E-state index in [1.165, 1.54) is 12.1 Å². The number of carbonyl (C=O) groups excluding carboxylic acids is 1. The Bertz CT molecular complexity index is 1080. The molecule has 1 amide bonds. The average molecular weight is 398 g/mol. The van der Waals surface area contributed by atoms with Gasteiger partial charge in [0.05, 0.1) is 19.7 Å². The summed E-state index contributed by atoms with van der Waals surface area (Å²) in [6.07, 6.45) is 1.11. The van der Waals surface area contributed by atoms with Gasteiger partial charge in [0.15, 0.2) is 0 Å². The van der Waals surface area contributed by atoms with Crippen molar-refractivity contribution in [2.75, 3.05) is 20.8 Å². The van der Waals surface area contributed by atoms with Gasteiger partial charge in [-0.3, -0.25) is 9.59 Å². The van der Waals surface area contributed by atoms with E-state index in [4.69, 9.17) is 9.47 Å². The summed E-state index contributed by atoms with van der Waals surface area (Å²) in [6, 6.07) is 11.5. The number of aromatic amines is 1. The molecular weight excluding hydrogens is 375 g/mol. The maximum atomic E-state index is 13.3. The lowest BCUT2D eigenvalue weighted by Gasteiger charge is -2.11. The minimum atomic E-state index is -0.409. The van der Waals surface area contributed by atoms with Crippen LogP contribution < -0.4 is 20.3 Å². The molecule has 2 aromatic carbocycles. The quantitative estimate of drug-likeness (QED) is 0.611. The third-order valence-corrected chi connectivity index (χ3v) is 4.72. The highest BCUT2D eigenvalue weighted by Gasteiger charge is 2.09. The van der Waals surface area contributed by atoms with Crippen molar-refractivity contribution < 1.29 is 18.7 Å². The normalized spacial score (nSPS) is 10.7. The van der Waals surface area contributed by atoms with Crippen molar-refractivity contribution in [2.45, 2.75) is 19.3 Å². The zero-order chi connectivity index (χ0) is 20.8. The molecule has 7 heteroatoms. The minimum Gasteiger partial charge on any atom is -0.497 e. The minimum absolute atomic E-state index is 0.143. The molecule has 2 N–H and O–H groups in total. The number of hydrogen-bond donors (Lipinski definition) is 2. The Morgan fingerprint density at radius 3 is 2.62 bits per heavy atom. The molecule has 1 aromatic heterocycles. The van der Waals surface area contributed by atoms with Gasteiger partial charge >= 0.3 is 0 Å². The van der Waals surface area contributed by atoms with Gasteiger partial charge < -0.3 is 19.8 Å². The Balaban J connectivity index is 1.54. The van der Waals surface area contributed by atoms with Crippen LogP contribution in [-0.2, 0) is 17.6 Å². The number of halogens is 1. The summed E-state index contributed by atoms with van der Waals surface area (Å²) >= 11 is 0. The largest absolute Gasteiger partial charge is 0.497 e. The van der Waals surface area contributed by atoms with Gasteiger partial charge in [-0.2, -0.15) is 0 Å². The molecule has 0 radical (unpaired) electrons. The first-order valence-corrected chi connectivity index (χ1v) is 9.29. The Kier molecular flexibility index (Phi) is 6.49. The molecule has 0 fully saturated rings. The van der Waals surface area contributed by atoms with Crippen LogP contribution >= 0.6 is 0 Å². The van der Waals surface area contributed by atoms with E-state index in [0.29, 0.717) is 42.0 Å². The molecule has 0 spiro atoms. The van der Waals surface area contributed by atoms with E-state index in [2.05, 4.69) is 10.3 Å². The number of aryl methyl sites for hydroxylation is 1. The second-order valence-electron chi connectivity index (χ2n) is 6.63. The number of hydrogen-bond acceptors (Lipinski definition) is 4. The molecule has 0 aliphatic carbocycles. The zero-order valence-corrected chi connectivity index (χ0v) is 16.4. The Morgan fingerprint density at radius 2 is 1.86 bits per heavy atom. The summed E-state index contributed by atoms with van der Waals surface area (Å²) in [4.78, 5) is 27.0. The average Bonchev–Trinajstić information content (AvgIpc) is 2.72. The van der Waals surface area contributed by atoms with E-state index in [1.807, 2.05) is 12.1 Å². The number of nitrogens with one attached hydrogen (secondary N) is 2. The van der Waals surface area contributed by atoms with Crippen LogP contribution in [0.1, 0.15) is 17.5 Å². The van der Waals surface area contributed by atoms with Gasteiger partial charge in [-0.1, -0.05) is 6.07 Å². The van der Waals surface area contributed by atoms with Gasteiger partial charge in [0.25, 0.3) is 5.56 Å². The summed E-state index contributed by atoms with van der Waals surface area (Å²) in [5.74, 6) is 0.862. The SMILES string of the molecule is COc1ccc(CCNC(=O)CCc2cc3ccc(F)cc3[nH]c2=O)c(OC)c1.